The van der Waals surface area contributed by atoms with Crippen LogP contribution in [-0.4, -0.2) is 12.0 Å². The molecule has 0 bridgehead atoms. The molecule has 3 heteroatoms. The number of nitrogens with zero attached hydrogens (tertiary/aromatic N) is 2. The summed E-state index contributed by atoms with van der Waals surface area (Å²) < 4.78 is 0. The van der Waals surface area contributed by atoms with Crippen molar-refractivity contribution in [3.63, 3.8) is 0 Å². The fourth-order valence-electron chi connectivity index (χ4n) is 1.97. The Morgan fingerprint density at radius 2 is 1.47 bits per heavy atom. The van der Waals surface area contributed by atoms with E-state index in [4.69, 9.17) is 5.73 Å². The third kappa shape index (κ3) is 3.35. The molecule has 0 aromatic heterocycles. The average Bonchev–Trinajstić information content (AvgIpc) is 2.40. The molecule has 2 aromatic carbocycles. The summed E-state index contributed by atoms with van der Waals surface area (Å²) in [6, 6.07) is 20.1. The molecule has 0 heterocycles. The second-order valence-electron chi connectivity index (χ2n) is 4.60. The summed E-state index contributed by atoms with van der Waals surface area (Å²) in [7, 11) is 0. The van der Waals surface area contributed by atoms with Crippen LogP contribution in [0.1, 0.15) is 13.8 Å². The summed E-state index contributed by atoms with van der Waals surface area (Å²) in [5.41, 5.74) is 8.07. The van der Waals surface area contributed by atoms with Gasteiger partial charge in [0.2, 0.25) is 5.96 Å². The molecule has 19 heavy (non-hydrogen) atoms. The number of hydrogen-bond acceptors (Lipinski definition) is 1. The van der Waals surface area contributed by atoms with Crippen LogP contribution in [0.3, 0.4) is 0 Å². The molecule has 0 aliphatic rings. The lowest BCUT2D eigenvalue weighted by molar-refractivity contribution is 0.802. The smallest absolute Gasteiger partial charge is 0.201 e. The first kappa shape index (κ1) is 13.1. The average molecular weight is 253 g/mol. The number of hydrogen-bond donors (Lipinski definition) is 1. The summed E-state index contributed by atoms with van der Waals surface area (Å²) in [6.07, 6.45) is 0. The molecule has 0 spiro atoms. The van der Waals surface area contributed by atoms with Gasteiger partial charge in [-0.15, -0.1) is 0 Å². The molecule has 0 atom stereocenters. The highest BCUT2D eigenvalue weighted by molar-refractivity contribution is 5.96. The van der Waals surface area contributed by atoms with Crippen molar-refractivity contribution in [2.75, 3.05) is 4.90 Å². The van der Waals surface area contributed by atoms with Gasteiger partial charge in [-0.2, -0.15) is 0 Å². The standard InChI is InChI=1S/C16H19N3/c1-13(2)19(15-11-7-4-8-12-15)16(17)18-14-9-5-3-6-10-14/h3-13H,1-2H3,(H2,17,18). The lowest BCUT2D eigenvalue weighted by Gasteiger charge is -2.27. The largest absolute Gasteiger partial charge is 0.369 e. The highest BCUT2D eigenvalue weighted by Gasteiger charge is 2.14. The van der Waals surface area contributed by atoms with E-state index in [0.717, 1.165) is 11.4 Å². The summed E-state index contributed by atoms with van der Waals surface area (Å²) in [4.78, 5) is 6.50. The molecule has 0 aliphatic heterocycles. The zero-order valence-electron chi connectivity index (χ0n) is 11.3. The monoisotopic (exact) mass is 253 g/mol. The first-order chi connectivity index (χ1) is 9.18. The van der Waals surface area contributed by atoms with Crippen LogP contribution in [-0.2, 0) is 0 Å². The van der Waals surface area contributed by atoms with Crippen molar-refractivity contribution < 1.29 is 0 Å². The van der Waals surface area contributed by atoms with Gasteiger partial charge in [0.1, 0.15) is 0 Å². The number of guanidine groups is 1. The van der Waals surface area contributed by atoms with Crippen molar-refractivity contribution in [3.05, 3.63) is 60.7 Å². The molecule has 2 N–H and O–H groups in total. The molecule has 0 unspecified atom stereocenters. The second-order valence-corrected chi connectivity index (χ2v) is 4.60. The van der Waals surface area contributed by atoms with Crippen molar-refractivity contribution >= 4 is 17.3 Å². The van der Waals surface area contributed by atoms with Crippen LogP contribution in [0.15, 0.2) is 65.7 Å². The summed E-state index contributed by atoms with van der Waals surface area (Å²) in [5, 5.41) is 0. The van der Waals surface area contributed by atoms with Crippen molar-refractivity contribution in [1.29, 1.82) is 0 Å². The van der Waals surface area contributed by atoms with Crippen molar-refractivity contribution in [3.8, 4) is 0 Å². The van der Waals surface area contributed by atoms with E-state index in [0.29, 0.717) is 5.96 Å². The van der Waals surface area contributed by atoms with Gasteiger partial charge in [-0.3, -0.25) is 0 Å². The minimum Gasteiger partial charge on any atom is -0.369 e. The van der Waals surface area contributed by atoms with E-state index >= 15 is 0 Å². The van der Waals surface area contributed by atoms with E-state index in [1.54, 1.807) is 0 Å². The topological polar surface area (TPSA) is 41.6 Å². The normalized spacial score (nSPS) is 11.6. The minimum absolute atomic E-state index is 0.245. The molecular weight excluding hydrogens is 234 g/mol. The molecule has 2 aromatic rings. The molecular formula is C16H19N3. The first-order valence-corrected chi connectivity index (χ1v) is 6.42. The molecule has 0 amide bonds. The van der Waals surface area contributed by atoms with Crippen LogP contribution in [0.4, 0.5) is 11.4 Å². The lowest BCUT2D eigenvalue weighted by Crippen LogP contribution is -2.42. The third-order valence-electron chi connectivity index (χ3n) is 2.80. The van der Waals surface area contributed by atoms with Gasteiger partial charge in [-0.05, 0) is 38.1 Å². The Kier molecular flexibility index (Phi) is 4.18. The molecule has 0 fully saturated rings. The van der Waals surface area contributed by atoms with Gasteiger partial charge in [-0.25, -0.2) is 4.99 Å². The molecule has 98 valence electrons. The Hall–Kier alpha value is -2.29. The Morgan fingerprint density at radius 1 is 0.947 bits per heavy atom. The van der Waals surface area contributed by atoms with Crippen LogP contribution in [0, 0.1) is 0 Å². The predicted octanol–water partition coefficient (Wildman–Crippen LogP) is 3.55. The van der Waals surface area contributed by atoms with Crippen LogP contribution in [0.2, 0.25) is 0 Å². The van der Waals surface area contributed by atoms with Crippen molar-refractivity contribution in [1.82, 2.24) is 0 Å². The van der Waals surface area contributed by atoms with Crippen molar-refractivity contribution in [2.45, 2.75) is 19.9 Å². The van der Waals surface area contributed by atoms with Crippen LogP contribution < -0.4 is 10.6 Å². The number of para-hydroxylation sites is 2. The summed E-state index contributed by atoms with van der Waals surface area (Å²) in [6.45, 7) is 4.20. The maximum atomic E-state index is 6.16. The van der Waals surface area contributed by atoms with Gasteiger partial charge >= 0.3 is 0 Å². The highest BCUT2D eigenvalue weighted by Crippen LogP contribution is 2.18. The quantitative estimate of drug-likeness (QED) is 0.671. The van der Waals surface area contributed by atoms with Crippen LogP contribution in [0.5, 0.6) is 0 Å². The van der Waals surface area contributed by atoms with E-state index in [1.807, 2.05) is 65.6 Å². The van der Waals surface area contributed by atoms with Crippen molar-refractivity contribution in [2.24, 2.45) is 10.7 Å². The molecule has 0 saturated carbocycles. The SMILES string of the molecule is CC(C)N(C(N)=Nc1ccccc1)c1ccccc1. The maximum absolute atomic E-state index is 6.16. The summed E-state index contributed by atoms with van der Waals surface area (Å²) in [5.74, 6) is 0.507. The highest BCUT2D eigenvalue weighted by atomic mass is 15.3. The molecule has 0 saturated heterocycles. The molecule has 0 radical (unpaired) electrons. The van der Waals surface area contributed by atoms with E-state index in [-0.39, 0.29) is 6.04 Å². The van der Waals surface area contributed by atoms with Gasteiger partial charge in [0.15, 0.2) is 0 Å². The van der Waals surface area contributed by atoms with Gasteiger partial charge in [0.25, 0.3) is 0 Å². The van der Waals surface area contributed by atoms with E-state index in [2.05, 4.69) is 18.8 Å². The molecule has 0 aliphatic carbocycles. The van der Waals surface area contributed by atoms with Gasteiger partial charge in [0, 0.05) is 11.7 Å². The Morgan fingerprint density at radius 3 is 2.00 bits per heavy atom. The number of benzene rings is 2. The Labute approximate surface area is 114 Å². The second kappa shape index (κ2) is 6.05. The van der Waals surface area contributed by atoms with Gasteiger partial charge in [-0.1, -0.05) is 36.4 Å². The lowest BCUT2D eigenvalue weighted by atomic mass is 10.2. The van der Waals surface area contributed by atoms with E-state index in [9.17, 15) is 0 Å². The number of nitrogens with two attached hydrogens (primary N) is 1. The molecule has 3 nitrogen and oxygen atoms in total. The zero-order valence-corrected chi connectivity index (χ0v) is 11.3. The van der Waals surface area contributed by atoms with Crippen LogP contribution >= 0.6 is 0 Å². The zero-order chi connectivity index (χ0) is 13.7. The van der Waals surface area contributed by atoms with E-state index < -0.39 is 0 Å². The van der Waals surface area contributed by atoms with Gasteiger partial charge < -0.3 is 10.6 Å². The number of anilines is 1. The minimum atomic E-state index is 0.245. The van der Waals surface area contributed by atoms with Gasteiger partial charge in [0.05, 0.1) is 5.69 Å². The molecule has 2 rings (SSSR count). The third-order valence-corrected chi connectivity index (χ3v) is 2.80. The number of aliphatic imine (C=N–C) groups is 1. The predicted molar refractivity (Wildman–Crippen MR) is 81.8 cm³/mol. The maximum Gasteiger partial charge on any atom is 0.201 e. The summed E-state index contributed by atoms with van der Waals surface area (Å²) >= 11 is 0. The first-order valence-electron chi connectivity index (χ1n) is 6.42. The van der Waals surface area contributed by atoms with E-state index in [1.165, 1.54) is 0 Å². The fraction of sp³-hybridized carbons (Fsp3) is 0.188. The Bertz CT molecular complexity index is 532. The fourth-order valence-corrected chi connectivity index (χ4v) is 1.97. The van der Waals surface area contributed by atoms with Crippen LogP contribution in [0.25, 0.3) is 0 Å². The number of rotatable bonds is 3. The Balaban J connectivity index is 2.33.